The minimum Gasteiger partial charge on any atom is -0.451 e. The van der Waals surface area contributed by atoms with Crippen molar-refractivity contribution in [2.24, 2.45) is 5.41 Å². The van der Waals surface area contributed by atoms with E-state index in [1.807, 2.05) is 13.8 Å². The maximum absolute atomic E-state index is 12.2. The Morgan fingerprint density at radius 3 is 2.76 bits per heavy atom. The van der Waals surface area contributed by atoms with Crippen LogP contribution in [0.1, 0.15) is 30.8 Å². The molecule has 110 valence electrons. The number of aliphatic hydroxyl groups is 1. The largest absolute Gasteiger partial charge is 0.451 e. The van der Waals surface area contributed by atoms with Crippen LogP contribution in [0.25, 0.3) is 11.0 Å². The van der Waals surface area contributed by atoms with Gasteiger partial charge in [-0.2, -0.15) is 0 Å². The average Bonchev–Trinajstić information content (AvgIpc) is 2.46. The summed E-state index contributed by atoms with van der Waals surface area (Å²) in [6.07, 6.45) is 0.0859. The lowest BCUT2D eigenvalue weighted by atomic mass is 9.64. The number of para-hydroxylation sites is 1. The van der Waals surface area contributed by atoms with Crippen molar-refractivity contribution < 1.29 is 14.3 Å². The number of nitrogens with one attached hydrogen (secondary N) is 1. The number of rotatable bonds is 2. The Morgan fingerprint density at radius 1 is 1.38 bits per heavy atom. The van der Waals surface area contributed by atoms with E-state index in [0.29, 0.717) is 17.4 Å². The summed E-state index contributed by atoms with van der Waals surface area (Å²) in [5.41, 5.74) is -0.217. The normalized spacial score (nSPS) is 23.6. The first-order chi connectivity index (χ1) is 9.89. The molecule has 0 radical (unpaired) electrons. The third-order valence-corrected chi connectivity index (χ3v) is 4.38. The Labute approximate surface area is 121 Å². The van der Waals surface area contributed by atoms with E-state index in [0.717, 1.165) is 0 Å². The van der Waals surface area contributed by atoms with Crippen molar-refractivity contribution in [3.63, 3.8) is 0 Å². The molecule has 0 aliphatic heterocycles. The van der Waals surface area contributed by atoms with Gasteiger partial charge in [-0.3, -0.25) is 9.59 Å². The third kappa shape index (κ3) is 2.23. The van der Waals surface area contributed by atoms with Crippen LogP contribution in [0.5, 0.6) is 0 Å². The molecule has 1 saturated carbocycles. The number of amides is 1. The zero-order valence-electron chi connectivity index (χ0n) is 11.9. The van der Waals surface area contributed by atoms with Gasteiger partial charge in [0.05, 0.1) is 11.5 Å². The monoisotopic (exact) mass is 287 g/mol. The van der Waals surface area contributed by atoms with E-state index in [-0.39, 0.29) is 22.6 Å². The predicted octanol–water partition coefficient (Wildman–Crippen LogP) is 1.68. The molecular formula is C16H17NO4. The molecule has 5 nitrogen and oxygen atoms in total. The molecule has 0 bridgehead atoms. The zero-order chi connectivity index (χ0) is 15.2. The van der Waals surface area contributed by atoms with Gasteiger partial charge in [0.25, 0.3) is 5.91 Å². The van der Waals surface area contributed by atoms with Crippen molar-refractivity contribution >= 4 is 16.9 Å². The van der Waals surface area contributed by atoms with E-state index in [1.165, 1.54) is 6.07 Å². The second kappa shape index (κ2) is 4.70. The summed E-state index contributed by atoms with van der Waals surface area (Å²) >= 11 is 0. The van der Waals surface area contributed by atoms with Crippen LogP contribution in [-0.4, -0.2) is 23.2 Å². The summed E-state index contributed by atoms with van der Waals surface area (Å²) in [5.74, 6) is -0.432. The van der Waals surface area contributed by atoms with Crippen LogP contribution in [0.2, 0.25) is 0 Å². The van der Waals surface area contributed by atoms with Crippen LogP contribution in [0.3, 0.4) is 0 Å². The van der Waals surface area contributed by atoms with Gasteiger partial charge in [0.2, 0.25) is 0 Å². The summed E-state index contributed by atoms with van der Waals surface area (Å²) in [5, 5.41) is 13.0. The van der Waals surface area contributed by atoms with E-state index in [1.54, 1.807) is 24.3 Å². The molecule has 3 rings (SSSR count). The quantitative estimate of drug-likeness (QED) is 0.880. The lowest BCUT2D eigenvalue weighted by Gasteiger charge is -2.49. The molecule has 2 unspecified atom stereocenters. The molecule has 5 heteroatoms. The molecule has 0 spiro atoms. The van der Waals surface area contributed by atoms with Crippen LogP contribution < -0.4 is 10.7 Å². The Bertz CT molecular complexity index is 762. The van der Waals surface area contributed by atoms with Gasteiger partial charge in [-0.05, 0) is 18.6 Å². The molecule has 2 aromatic rings. The standard InChI is InChI=1S/C16H17NO4/c1-16(2)13(8-14(16)19)17-15(20)12-7-10(18)9-5-3-4-6-11(9)21-12/h3-7,13-14,19H,8H2,1-2H3,(H,17,20). The number of benzene rings is 1. The second-order valence-electron chi connectivity index (χ2n) is 6.07. The molecular weight excluding hydrogens is 270 g/mol. The SMILES string of the molecule is CC1(C)C(O)CC1NC(=O)c1cc(=O)c2ccccc2o1. The Kier molecular flexibility index (Phi) is 3.10. The van der Waals surface area contributed by atoms with E-state index >= 15 is 0 Å². The fourth-order valence-electron chi connectivity index (χ4n) is 2.59. The molecule has 1 aromatic heterocycles. The number of carbonyl (C=O) groups excluding carboxylic acids is 1. The molecule has 1 aliphatic carbocycles. The van der Waals surface area contributed by atoms with Gasteiger partial charge in [0.15, 0.2) is 11.2 Å². The van der Waals surface area contributed by atoms with Crippen molar-refractivity contribution in [1.29, 1.82) is 0 Å². The molecule has 1 fully saturated rings. The predicted molar refractivity (Wildman–Crippen MR) is 78.1 cm³/mol. The van der Waals surface area contributed by atoms with E-state index in [2.05, 4.69) is 5.32 Å². The summed E-state index contributed by atoms with van der Waals surface area (Å²) < 4.78 is 5.49. The van der Waals surface area contributed by atoms with Crippen LogP contribution in [0, 0.1) is 5.41 Å². The number of fused-ring (bicyclic) bond motifs is 1. The van der Waals surface area contributed by atoms with Crippen molar-refractivity contribution in [3.05, 3.63) is 46.3 Å². The maximum Gasteiger partial charge on any atom is 0.287 e. The van der Waals surface area contributed by atoms with Crippen molar-refractivity contribution in [2.45, 2.75) is 32.4 Å². The van der Waals surface area contributed by atoms with E-state index in [4.69, 9.17) is 4.42 Å². The first-order valence-corrected chi connectivity index (χ1v) is 6.91. The summed E-state index contributed by atoms with van der Waals surface area (Å²) in [7, 11) is 0. The highest BCUT2D eigenvalue weighted by atomic mass is 16.3. The van der Waals surface area contributed by atoms with Gasteiger partial charge >= 0.3 is 0 Å². The van der Waals surface area contributed by atoms with E-state index < -0.39 is 12.0 Å². The van der Waals surface area contributed by atoms with Gasteiger partial charge in [0.1, 0.15) is 5.58 Å². The van der Waals surface area contributed by atoms with Gasteiger partial charge in [-0.1, -0.05) is 26.0 Å². The van der Waals surface area contributed by atoms with Crippen molar-refractivity contribution in [1.82, 2.24) is 5.32 Å². The van der Waals surface area contributed by atoms with Crippen LogP contribution in [0.15, 0.2) is 39.5 Å². The lowest BCUT2D eigenvalue weighted by molar-refractivity contribution is -0.0691. The molecule has 2 N–H and O–H groups in total. The maximum atomic E-state index is 12.2. The minimum absolute atomic E-state index is 0.00381. The molecule has 1 aromatic carbocycles. The van der Waals surface area contributed by atoms with Crippen molar-refractivity contribution in [2.75, 3.05) is 0 Å². The Morgan fingerprint density at radius 2 is 2.10 bits per heavy atom. The molecule has 2 atom stereocenters. The number of carbonyl (C=O) groups is 1. The smallest absolute Gasteiger partial charge is 0.287 e. The summed E-state index contributed by atoms with van der Waals surface area (Å²) in [4.78, 5) is 24.2. The first-order valence-electron chi connectivity index (χ1n) is 6.91. The number of hydrogen-bond acceptors (Lipinski definition) is 4. The molecule has 1 aliphatic rings. The Hall–Kier alpha value is -2.14. The topological polar surface area (TPSA) is 79.5 Å². The van der Waals surface area contributed by atoms with E-state index in [9.17, 15) is 14.7 Å². The second-order valence-corrected chi connectivity index (χ2v) is 6.07. The van der Waals surface area contributed by atoms with Crippen LogP contribution in [-0.2, 0) is 0 Å². The fourth-order valence-corrected chi connectivity index (χ4v) is 2.59. The van der Waals surface area contributed by atoms with Gasteiger partial charge in [-0.25, -0.2) is 0 Å². The van der Waals surface area contributed by atoms with Crippen LogP contribution >= 0.6 is 0 Å². The first kappa shape index (κ1) is 13.8. The van der Waals surface area contributed by atoms with Gasteiger partial charge in [-0.15, -0.1) is 0 Å². The molecule has 1 amide bonds. The third-order valence-electron chi connectivity index (χ3n) is 4.38. The molecule has 21 heavy (non-hydrogen) atoms. The van der Waals surface area contributed by atoms with Gasteiger partial charge < -0.3 is 14.8 Å². The summed E-state index contributed by atoms with van der Waals surface area (Å²) in [6, 6.07) is 7.89. The average molecular weight is 287 g/mol. The molecule has 0 saturated heterocycles. The van der Waals surface area contributed by atoms with Crippen molar-refractivity contribution in [3.8, 4) is 0 Å². The fraction of sp³-hybridized carbons (Fsp3) is 0.375. The number of hydrogen-bond donors (Lipinski definition) is 2. The highest BCUT2D eigenvalue weighted by Crippen LogP contribution is 2.40. The van der Waals surface area contributed by atoms with Crippen LogP contribution in [0.4, 0.5) is 0 Å². The highest BCUT2D eigenvalue weighted by Gasteiger charge is 2.48. The molecule has 1 heterocycles. The Balaban J connectivity index is 1.87. The minimum atomic E-state index is -0.428. The van der Waals surface area contributed by atoms with Gasteiger partial charge in [0, 0.05) is 17.5 Å². The highest BCUT2D eigenvalue weighted by molar-refractivity contribution is 5.93. The zero-order valence-corrected chi connectivity index (χ0v) is 11.9. The summed E-state index contributed by atoms with van der Waals surface area (Å²) in [6.45, 7) is 3.78. The lowest BCUT2D eigenvalue weighted by Crippen LogP contribution is -2.61. The number of aliphatic hydroxyl groups excluding tert-OH is 1.